The summed E-state index contributed by atoms with van der Waals surface area (Å²) in [7, 11) is 0. The van der Waals surface area contributed by atoms with Crippen LogP contribution in [0.15, 0.2) is 0 Å². The topological polar surface area (TPSA) is 52.0 Å². The van der Waals surface area contributed by atoms with Gasteiger partial charge in [0, 0.05) is 0 Å². The fourth-order valence-corrected chi connectivity index (χ4v) is 1.59. The standard InChI is InChI=1S/C7H13INO2/c1-4-3-5(4)6(10)9-7(11)8-2/h4-5,7,11H,3H2,1-2H3,(H,9,10)/q-1/p+1. The molecule has 11 heavy (non-hydrogen) atoms. The fourth-order valence-electron chi connectivity index (χ4n) is 0.974. The maximum absolute atomic E-state index is 11.2. The van der Waals surface area contributed by atoms with Gasteiger partial charge in [0.05, 0.1) is 0 Å². The molecule has 3 unspecified atom stereocenters. The van der Waals surface area contributed by atoms with E-state index in [1.807, 2.05) is 4.93 Å². The summed E-state index contributed by atoms with van der Waals surface area (Å²) in [4.78, 5) is 13.2. The molecule has 0 heterocycles. The number of halogens is 1. The molecule has 3 atom stereocenters. The zero-order chi connectivity index (χ0) is 8.43. The molecule has 1 aliphatic carbocycles. The number of carbonyl (C=O) groups is 1. The van der Waals surface area contributed by atoms with Crippen molar-refractivity contribution in [2.75, 3.05) is 4.93 Å². The molecule has 1 fully saturated rings. The number of nitrogens with one attached hydrogen (secondary N) is 1. The first kappa shape index (κ1) is 9.25. The van der Waals surface area contributed by atoms with Crippen LogP contribution in [0.1, 0.15) is 13.3 Å². The van der Waals surface area contributed by atoms with Crippen molar-refractivity contribution in [3.63, 3.8) is 0 Å². The summed E-state index contributed by atoms with van der Waals surface area (Å²) in [5.41, 5.74) is 0. The first-order valence-electron chi connectivity index (χ1n) is 3.64. The molecule has 0 aromatic rings. The Morgan fingerprint density at radius 1 is 1.82 bits per heavy atom. The summed E-state index contributed by atoms with van der Waals surface area (Å²) >= 11 is -0.167. The van der Waals surface area contributed by atoms with Gasteiger partial charge in [-0.1, -0.05) is 0 Å². The first-order chi connectivity index (χ1) is 5.15. The van der Waals surface area contributed by atoms with Crippen molar-refractivity contribution in [2.24, 2.45) is 11.8 Å². The second kappa shape index (κ2) is 3.71. The molecular formula is C7H14INO2. The molecule has 0 saturated heterocycles. The van der Waals surface area contributed by atoms with Crippen molar-refractivity contribution in [1.29, 1.82) is 0 Å². The molecule has 0 spiro atoms. The number of hydrogen-bond acceptors (Lipinski definition) is 1. The van der Waals surface area contributed by atoms with Gasteiger partial charge >= 0.3 is 76.7 Å². The third kappa shape index (κ3) is 2.59. The number of carbonyl (C=O) groups excluding carboxylic acids is 1. The number of hydrogen-bond donors (Lipinski definition) is 1. The Hall–Kier alpha value is 0.160. The van der Waals surface area contributed by atoms with E-state index in [-0.39, 0.29) is 37.3 Å². The van der Waals surface area contributed by atoms with Gasteiger partial charge in [0.15, 0.2) is 0 Å². The SMILES string of the molecule is C[I-]C([OH2+])NC(=O)C1CC1C. The van der Waals surface area contributed by atoms with Crippen LogP contribution in [0.2, 0.25) is 0 Å². The predicted molar refractivity (Wildman–Crippen MR) is 38.7 cm³/mol. The zero-order valence-corrected chi connectivity index (χ0v) is 8.88. The molecule has 1 rings (SSSR count). The molecule has 3 N–H and O–H groups in total. The van der Waals surface area contributed by atoms with Crippen LogP contribution in [0, 0.1) is 11.8 Å². The van der Waals surface area contributed by atoms with Crippen molar-refractivity contribution >= 4 is 5.91 Å². The molecule has 66 valence electrons. The van der Waals surface area contributed by atoms with E-state index in [0.717, 1.165) is 6.42 Å². The minimum atomic E-state index is -0.297. The van der Waals surface area contributed by atoms with Crippen LogP contribution >= 0.6 is 0 Å². The molecule has 0 bridgehead atoms. The van der Waals surface area contributed by atoms with Crippen LogP contribution in [0.4, 0.5) is 0 Å². The van der Waals surface area contributed by atoms with E-state index < -0.39 is 0 Å². The predicted octanol–water partition coefficient (Wildman–Crippen LogP) is -3.51. The normalized spacial score (nSPS) is 31.5. The maximum atomic E-state index is 11.2. The van der Waals surface area contributed by atoms with E-state index in [1.54, 1.807) is 0 Å². The van der Waals surface area contributed by atoms with Crippen LogP contribution in [0.25, 0.3) is 0 Å². The van der Waals surface area contributed by atoms with Crippen LogP contribution in [0.5, 0.6) is 0 Å². The van der Waals surface area contributed by atoms with Crippen molar-refractivity contribution < 1.29 is 31.1 Å². The third-order valence-corrected chi connectivity index (χ3v) is 3.49. The van der Waals surface area contributed by atoms with Gasteiger partial charge in [-0.25, -0.2) is 0 Å². The van der Waals surface area contributed by atoms with Crippen LogP contribution < -0.4 is 26.5 Å². The molecule has 3 nitrogen and oxygen atoms in total. The minimum absolute atomic E-state index is 0.0963. The molecule has 0 aromatic heterocycles. The average Bonchev–Trinajstić information content (AvgIpc) is 2.66. The molecular weight excluding hydrogens is 257 g/mol. The summed E-state index contributed by atoms with van der Waals surface area (Å²) in [5, 5.41) is 10.1. The van der Waals surface area contributed by atoms with Gasteiger partial charge in [0.1, 0.15) is 0 Å². The molecule has 4 heteroatoms. The van der Waals surface area contributed by atoms with E-state index in [9.17, 15) is 4.79 Å². The summed E-state index contributed by atoms with van der Waals surface area (Å²) in [6.07, 6.45) is 1.01. The van der Waals surface area contributed by atoms with Crippen LogP contribution in [-0.2, 0) is 4.79 Å². The first-order valence-corrected chi connectivity index (χ1v) is 7.05. The molecule has 1 saturated carbocycles. The Morgan fingerprint density at radius 3 is 2.73 bits per heavy atom. The van der Waals surface area contributed by atoms with Crippen molar-refractivity contribution in [2.45, 2.75) is 17.6 Å². The molecule has 1 aliphatic rings. The van der Waals surface area contributed by atoms with Gasteiger partial charge in [-0.3, -0.25) is 0 Å². The van der Waals surface area contributed by atoms with E-state index in [2.05, 4.69) is 12.2 Å². The number of rotatable bonds is 3. The second-order valence-electron chi connectivity index (χ2n) is 2.91. The molecule has 1 amide bonds. The van der Waals surface area contributed by atoms with E-state index in [0.29, 0.717) is 5.92 Å². The Bertz CT molecular complexity index is 163. The quantitative estimate of drug-likeness (QED) is 0.187. The third-order valence-electron chi connectivity index (χ3n) is 1.93. The monoisotopic (exact) mass is 271 g/mol. The van der Waals surface area contributed by atoms with Gasteiger partial charge < -0.3 is 0 Å². The van der Waals surface area contributed by atoms with Crippen molar-refractivity contribution in [3.05, 3.63) is 0 Å². The summed E-state index contributed by atoms with van der Waals surface area (Å²) < 4.78 is -0.297. The molecule has 0 aliphatic heterocycles. The van der Waals surface area contributed by atoms with E-state index in [4.69, 9.17) is 5.11 Å². The van der Waals surface area contributed by atoms with Gasteiger partial charge in [0.2, 0.25) is 0 Å². The van der Waals surface area contributed by atoms with Gasteiger partial charge in [-0.05, 0) is 0 Å². The van der Waals surface area contributed by atoms with Crippen LogP contribution in [-0.4, -0.2) is 20.2 Å². The number of amides is 1. The fraction of sp³-hybridized carbons (Fsp3) is 0.857. The molecule has 0 aromatic carbocycles. The van der Waals surface area contributed by atoms with Gasteiger partial charge in [0.25, 0.3) is 0 Å². The second-order valence-corrected chi connectivity index (χ2v) is 5.40. The van der Waals surface area contributed by atoms with Crippen molar-refractivity contribution in [1.82, 2.24) is 5.32 Å². The number of alkyl halides is 2. The Kier molecular flexibility index (Phi) is 3.12. The molecule has 0 radical (unpaired) electrons. The Morgan fingerprint density at radius 2 is 2.36 bits per heavy atom. The summed E-state index contributed by atoms with van der Waals surface area (Å²) in [6.45, 7) is 2.07. The van der Waals surface area contributed by atoms with Gasteiger partial charge in [-0.15, -0.1) is 0 Å². The van der Waals surface area contributed by atoms with E-state index in [1.165, 1.54) is 0 Å². The zero-order valence-electron chi connectivity index (χ0n) is 6.73. The summed E-state index contributed by atoms with van der Waals surface area (Å²) in [6, 6.07) is 0. The Balaban J connectivity index is 2.21. The Labute approximate surface area is 76.8 Å². The van der Waals surface area contributed by atoms with Gasteiger partial charge in [-0.2, -0.15) is 0 Å². The summed E-state index contributed by atoms with van der Waals surface area (Å²) in [5.74, 6) is 0.870. The van der Waals surface area contributed by atoms with Crippen molar-refractivity contribution in [3.8, 4) is 0 Å². The van der Waals surface area contributed by atoms with E-state index >= 15 is 0 Å². The van der Waals surface area contributed by atoms with Crippen LogP contribution in [0.3, 0.4) is 0 Å². The average molecular weight is 271 g/mol.